The molecule has 0 aliphatic heterocycles. The third-order valence-corrected chi connectivity index (χ3v) is 12.9. The number of hydrogen-bond donors (Lipinski definition) is 11. The molecule has 0 unspecified atom stereocenters. The molecule has 0 fully saturated rings. The molecule has 1 heterocycles. The molecule has 8 atom stereocenters. The Balaban J connectivity index is 2.44. The second-order valence-electron chi connectivity index (χ2n) is 19.7. The second-order valence-corrected chi connectivity index (χ2v) is 20.8. The average molecular weight is 1040 g/mol. The van der Waals surface area contributed by atoms with Crippen molar-refractivity contribution in [2.24, 2.45) is 51.6 Å². The van der Waals surface area contributed by atoms with E-state index in [0.29, 0.717) is 44.4 Å². The number of hydrogen-bond acceptors (Lipinski definition) is 12. The lowest BCUT2D eigenvalue weighted by molar-refractivity contribution is -0.136. The molecule has 1 aromatic carbocycles. The van der Waals surface area contributed by atoms with E-state index in [1.54, 1.807) is 31.2 Å². The van der Waals surface area contributed by atoms with Gasteiger partial charge in [-0.2, -0.15) is 0 Å². The summed E-state index contributed by atoms with van der Waals surface area (Å²) in [5, 5.41) is 21.4. The minimum absolute atomic E-state index is 0.0409. The van der Waals surface area contributed by atoms with Gasteiger partial charge in [0.05, 0.1) is 7.11 Å². The molecular formula is C51H84N12O9S. The maximum atomic E-state index is 14.4. The van der Waals surface area contributed by atoms with Crippen LogP contribution < -0.4 is 64.9 Å². The molecule has 0 bridgehead atoms. The number of methoxy groups -OCH3 is 1. The first-order valence-corrected chi connectivity index (χ1v) is 26.2. The van der Waals surface area contributed by atoms with Gasteiger partial charge in [0.2, 0.25) is 41.4 Å². The van der Waals surface area contributed by atoms with Crippen molar-refractivity contribution in [1.82, 2.24) is 37.2 Å². The standard InChI is InChI=1S/C51H84N12O9S/c1-10-32(8)42(50(71)59-38(43(53)64)25-29(2)3)63-49(70)41(28-35-15-14-24-73-35)62-48(69)40(27-31(6)7)61-47(68)39(26-30(4)5)60-46(67)36(16-11-12-22-52)58-45(66)37(17-13-23-56-51(54)55)57-44(65)33-18-20-34(72-9)21-19-33/h14-15,18-21,24,29-32,36-42H,10-13,16-17,22-23,25-28,52H2,1-9H3,(H2,53,64)(H,57,65)(H,58,66)(H,59,71)(H,60,67)(H,61,68)(H,62,69)(H,63,70)(H4,54,55,56)/t32-,36-,37-,38+,39-,40-,41-,42-/m0/s1. The molecule has 21 nitrogen and oxygen atoms in total. The van der Waals surface area contributed by atoms with E-state index in [1.165, 1.54) is 18.4 Å². The van der Waals surface area contributed by atoms with Crippen molar-refractivity contribution >= 4 is 64.6 Å². The van der Waals surface area contributed by atoms with Crippen LogP contribution in [0.2, 0.25) is 0 Å². The van der Waals surface area contributed by atoms with E-state index >= 15 is 0 Å². The van der Waals surface area contributed by atoms with Crippen LogP contribution in [0.1, 0.15) is 128 Å². The third-order valence-electron chi connectivity index (χ3n) is 12.0. The number of nitrogens with zero attached hydrogens (tertiary/aromatic N) is 1. The first-order chi connectivity index (χ1) is 34.5. The van der Waals surface area contributed by atoms with Gasteiger partial charge in [0, 0.05) is 23.4 Å². The van der Waals surface area contributed by atoms with Crippen molar-refractivity contribution in [1.29, 1.82) is 0 Å². The Morgan fingerprint density at radius 2 is 1.07 bits per heavy atom. The second kappa shape index (κ2) is 32.7. The summed E-state index contributed by atoms with van der Waals surface area (Å²) in [5.41, 5.74) is 22.7. The van der Waals surface area contributed by atoms with Crippen molar-refractivity contribution in [3.05, 3.63) is 52.2 Å². The predicted molar refractivity (Wildman–Crippen MR) is 284 cm³/mol. The minimum atomic E-state index is -1.19. The molecule has 8 amide bonds. The molecule has 0 saturated carbocycles. The molecular weight excluding hydrogens is 957 g/mol. The Kier molecular flexibility index (Phi) is 28.2. The van der Waals surface area contributed by atoms with Crippen molar-refractivity contribution in [3.8, 4) is 5.75 Å². The van der Waals surface area contributed by atoms with Gasteiger partial charge < -0.3 is 64.9 Å². The van der Waals surface area contributed by atoms with Crippen LogP contribution in [0.15, 0.2) is 46.8 Å². The Bertz CT molecular complexity index is 2100. The Morgan fingerprint density at radius 1 is 0.589 bits per heavy atom. The normalized spacial score (nSPS) is 14.5. The van der Waals surface area contributed by atoms with Gasteiger partial charge in [-0.25, -0.2) is 0 Å². The number of carbonyl (C=O) groups is 8. The fourth-order valence-corrected chi connectivity index (χ4v) is 8.54. The van der Waals surface area contributed by atoms with E-state index < -0.39 is 89.6 Å². The summed E-state index contributed by atoms with van der Waals surface area (Å²) in [6.45, 7) is 15.4. The third kappa shape index (κ3) is 23.4. The van der Waals surface area contributed by atoms with Crippen molar-refractivity contribution in [3.63, 3.8) is 0 Å². The quantitative estimate of drug-likeness (QED) is 0.0272. The number of nitrogens with two attached hydrogens (primary N) is 4. The zero-order chi connectivity index (χ0) is 54.8. The average Bonchev–Trinajstić information content (AvgIpc) is 3.85. The number of thiophene rings is 1. The van der Waals surface area contributed by atoms with Gasteiger partial charge >= 0.3 is 0 Å². The minimum Gasteiger partial charge on any atom is -0.497 e. The zero-order valence-electron chi connectivity index (χ0n) is 44.2. The summed E-state index contributed by atoms with van der Waals surface area (Å²) >= 11 is 1.38. The number of primary amides is 1. The van der Waals surface area contributed by atoms with Crippen LogP contribution in [0.25, 0.3) is 0 Å². The molecule has 2 aromatic rings. The molecule has 0 radical (unpaired) electrons. The van der Waals surface area contributed by atoms with Crippen LogP contribution in [-0.2, 0) is 40.0 Å². The molecule has 15 N–H and O–H groups in total. The van der Waals surface area contributed by atoms with E-state index in [9.17, 15) is 38.4 Å². The molecule has 22 heteroatoms. The Hall–Kier alpha value is -6.29. The smallest absolute Gasteiger partial charge is 0.251 e. The van der Waals surface area contributed by atoms with Crippen molar-refractivity contribution < 1.29 is 43.1 Å². The summed E-state index contributed by atoms with van der Waals surface area (Å²) < 4.78 is 5.20. The summed E-state index contributed by atoms with van der Waals surface area (Å²) in [6, 6.07) is 2.07. The monoisotopic (exact) mass is 1040 g/mol. The molecule has 73 heavy (non-hydrogen) atoms. The fraction of sp³-hybridized carbons (Fsp3) is 0.627. The molecule has 0 saturated heterocycles. The summed E-state index contributed by atoms with van der Waals surface area (Å²) in [5.74, 6) is -5.34. The largest absolute Gasteiger partial charge is 0.497 e. The van der Waals surface area contributed by atoms with E-state index in [-0.39, 0.29) is 73.8 Å². The summed E-state index contributed by atoms with van der Waals surface area (Å²) in [4.78, 5) is 116. The summed E-state index contributed by atoms with van der Waals surface area (Å²) in [6.07, 6.45) is 2.69. The number of carbonyl (C=O) groups excluding carboxylic acids is 8. The van der Waals surface area contributed by atoms with Crippen LogP contribution in [0, 0.1) is 23.7 Å². The Morgan fingerprint density at radius 3 is 1.55 bits per heavy atom. The van der Waals surface area contributed by atoms with Gasteiger partial charge in [-0.1, -0.05) is 67.9 Å². The van der Waals surface area contributed by atoms with Crippen LogP contribution in [0.4, 0.5) is 0 Å². The number of amides is 8. The van der Waals surface area contributed by atoms with Gasteiger partial charge in [0.25, 0.3) is 5.91 Å². The number of unbranched alkanes of at least 4 members (excludes halogenated alkanes) is 1. The van der Waals surface area contributed by atoms with Gasteiger partial charge in [0.1, 0.15) is 48.0 Å². The topological polar surface area (TPSA) is 346 Å². The van der Waals surface area contributed by atoms with Crippen LogP contribution >= 0.6 is 11.3 Å². The number of guanidine groups is 1. The van der Waals surface area contributed by atoms with Crippen LogP contribution in [-0.4, -0.2) is 116 Å². The maximum Gasteiger partial charge on any atom is 0.251 e. The number of rotatable bonds is 34. The van der Waals surface area contributed by atoms with E-state index in [2.05, 4.69) is 42.2 Å². The highest BCUT2D eigenvalue weighted by atomic mass is 32.1. The van der Waals surface area contributed by atoms with Gasteiger partial charge in [0.15, 0.2) is 5.96 Å². The number of aliphatic imine (C=N–C) groups is 1. The molecule has 2 rings (SSSR count). The van der Waals surface area contributed by atoms with Gasteiger partial charge in [-0.05, 0) is 117 Å². The van der Waals surface area contributed by atoms with E-state index in [4.69, 9.17) is 27.7 Å². The number of nitrogens with one attached hydrogen (secondary N) is 7. The molecule has 0 aliphatic rings. The van der Waals surface area contributed by atoms with Gasteiger partial charge in [-0.15, -0.1) is 11.3 Å². The number of benzene rings is 1. The highest BCUT2D eigenvalue weighted by Crippen LogP contribution is 2.17. The van der Waals surface area contributed by atoms with Crippen LogP contribution in [0.5, 0.6) is 5.75 Å². The summed E-state index contributed by atoms with van der Waals surface area (Å²) in [7, 11) is 1.50. The first kappa shape index (κ1) is 62.8. The first-order valence-electron chi connectivity index (χ1n) is 25.3. The number of ether oxygens (including phenoxy) is 1. The van der Waals surface area contributed by atoms with Gasteiger partial charge in [-0.3, -0.25) is 43.3 Å². The fourth-order valence-electron chi connectivity index (χ4n) is 7.79. The van der Waals surface area contributed by atoms with E-state index in [1.807, 2.05) is 66.0 Å². The SMILES string of the molecule is CC[C@H](C)[C@H](NC(=O)[C@H](Cc1cccs1)NC(=O)[C@H](CC(C)C)NC(=O)[C@H](CC(C)C)NC(=O)[C@H](CCCCN)NC(=O)[C@H](CCCN=C(N)N)NC(=O)c1ccc(OC)cc1)C(=O)N[C@H](CC(C)C)C(N)=O. The Labute approximate surface area is 435 Å². The molecule has 1 aromatic heterocycles. The molecule has 408 valence electrons. The lowest BCUT2D eigenvalue weighted by Crippen LogP contribution is -2.61. The highest BCUT2D eigenvalue weighted by molar-refractivity contribution is 7.09. The predicted octanol–water partition coefficient (Wildman–Crippen LogP) is 1.86. The van der Waals surface area contributed by atoms with Crippen LogP contribution in [0.3, 0.4) is 0 Å². The highest BCUT2D eigenvalue weighted by Gasteiger charge is 2.36. The maximum absolute atomic E-state index is 14.4. The lowest BCUT2D eigenvalue weighted by Gasteiger charge is -2.30. The molecule has 0 aliphatic carbocycles. The zero-order valence-corrected chi connectivity index (χ0v) is 45.0. The van der Waals surface area contributed by atoms with E-state index in [0.717, 1.165) is 4.88 Å². The lowest BCUT2D eigenvalue weighted by atomic mass is 9.96. The molecule has 0 spiro atoms. The van der Waals surface area contributed by atoms with Crippen molar-refractivity contribution in [2.75, 3.05) is 20.2 Å². The van der Waals surface area contributed by atoms with Crippen molar-refractivity contribution in [2.45, 2.75) is 162 Å².